The van der Waals surface area contributed by atoms with Gasteiger partial charge in [0.25, 0.3) is 0 Å². The summed E-state index contributed by atoms with van der Waals surface area (Å²) in [6, 6.07) is 9.35. The standard InChI is InChI=1S/C22H26FN3O4/c1-29-12-13-30-22-19(5-2-10-24-22)25-21(28)17-4-3-11-26(15-17)20(27)14-16-6-8-18(23)9-7-16/h2,5-10,17H,3-4,11-15H2,1H3,(H,25,28). The Hall–Kier alpha value is -3.00. The number of hydrogen-bond acceptors (Lipinski definition) is 5. The highest BCUT2D eigenvalue weighted by Crippen LogP contribution is 2.24. The molecule has 3 rings (SSSR count). The van der Waals surface area contributed by atoms with Gasteiger partial charge in [-0.3, -0.25) is 9.59 Å². The molecule has 0 aliphatic carbocycles. The van der Waals surface area contributed by atoms with Crippen molar-refractivity contribution in [3.63, 3.8) is 0 Å². The van der Waals surface area contributed by atoms with Crippen molar-refractivity contribution >= 4 is 17.5 Å². The Morgan fingerprint density at radius 2 is 2.03 bits per heavy atom. The number of aromatic nitrogens is 1. The van der Waals surface area contributed by atoms with E-state index in [9.17, 15) is 14.0 Å². The predicted octanol–water partition coefficient (Wildman–Crippen LogP) is 2.67. The van der Waals surface area contributed by atoms with Gasteiger partial charge in [-0.15, -0.1) is 0 Å². The van der Waals surface area contributed by atoms with Crippen LogP contribution in [0.1, 0.15) is 18.4 Å². The maximum Gasteiger partial charge on any atom is 0.237 e. The largest absolute Gasteiger partial charge is 0.474 e. The van der Waals surface area contributed by atoms with Gasteiger partial charge in [-0.1, -0.05) is 12.1 Å². The Morgan fingerprint density at radius 3 is 2.80 bits per heavy atom. The van der Waals surface area contributed by atoms with Gasteiger partial charge >= 0.3 is 0 Å². The number of benzene rings is 1. The fourth-order valence-corrected chi connectivity index (χ4v) is 3.36. The van der Waals surface area contributed by atoms with E-state index in [4.69, 9.17) is 9.47 Å². The van der Waals surface area contributed by atoms with E-state index in [1.807, 2.05) is 0 Å². The van der Waals surface area contributed by atoms with Crippen LogP contribution in [0.5, 0.6) is 5.88 Å². The third-order valence-corrected chi connectivity index (χ3v) is 4.97. The molecule has 1 N–H and O–H groups in total. The summed E-state index contributed by atoms with van der Waals surface area (Å²) in [6.45, 7) is 1.71. The van der Waals surface area contributed by atoms with E-state index in [1.165, 1.54) is 12.1 Å². The zero-order valence-corrected chi connectivity index (χ0v) is 17.0. The molecule has 0 spiro atoms. The number of rotatable bonds is 8. The summed E-state index contributed by atoms with van der Waals surface area (Å²) in [5, 5.41) is 2.88. The van der Waals surface area contributed by atoms with Gasteiger partial charge in [0.05, 0.1) is 18.9 Å². The Morgan fingerprint density at radius 1 is 1.23 bits per heavy atom. The van der Waals surface area contributed by atoms with Crippen LogP contribution >= 0.6 is 0 Å². The van der Waals surface area contributed by atoms with Crippen LogP contribution in [0.25, 0.3) is 0 Å². The number of ether oxygens (including phenoxy) is 2. The summed E-state index contributed by atoms with van der Waals surface area (Å²) in [5.41, 5.74) is 1.24. The third kappa shape index (κ3) is 6.00. The molecular formula is C22H26FN3O4. The average Bonchev–Trinajstić information content (AvgIpc) is 2.76. The molecule has 1 saturated heterocycles. The van der Waals surface area contributed by atoms with Gasteiger partial charge in [0.15, 0.2) is 0 Å². The summed E-state index contributed by atoms with van der Waals surface area (Å²) in [7, 11) is 1.58. The van der Waals surface area contributed by atoms with Gasteiger partial charge in [0, 0.05) is 26.4 Å². The molecule has 0 bridgehead atoms. The fourth-order valence-electron chi connectivity index (χ4n) is 3.36. The molecule has 1 fully saturated rings. The molecular weight excluding hydrogens is 389 g/mol. The number of likely N-dealkylation sites (tertiary alicyclic amines) is 1. The average molecular weight is 415 g/mol. The lowest BCUT2D eigenvalue weighted by Crippen LogP contribution is -2.44. The lowest BCUT2D eigenvalue weighted by atomic mass is 9.96. The molecule has 0 saturated carbocycles. The number of halogens is 1. The number of pyridine rings is 1. The maximum absolute atomic E-state index is 13.1. The van der Waals surface area contributed by atoms with E-state index in [0.717, 1.165) is 12.0 Å². The van der Waals surface area contributed by atoms with E-state index < -0.39 is 0 Å². The molecule has 7 nitrogen and oxygen atoms in total. The monoisotopic (exact) mass is 415 g/mol. The fraction of sp³-hybridized carbons (Fsp3) is 0.409. The van der Waals surface area contributed by atoms with Crippen molar-refractivity contribution in [2.45, 2.75) is 19.3 Å². The Balaban J connectivity index is 1.58. The number of nitrogens with zero attached hydrogens (tertiary/aromatic N) is 2. The SMILES string of the molecule is COCCOc1ncccc1NC(=O)C1CCCN(C(=O)Cc2ccc(F)cc2)C1. The van der Waals surface area contributed by atoms with Crippen LogP contribution in [-0.4, -0.2) is 55.1 Å². The number of anilines is 1. The molecule has 8 heteroatoms. The Labute approximate surface area is 175 Å². The van der Waals surface area contributed by atoms with Gasteiger partial charge in [-0.05, 0) is 42.7 Å². The maximum atomic E-state index is 13.1. The molecule has 2 heterocycles. The lowest BCUT2D eigenvalue weighted by molar-refractivity contribution is -0.133. The quantitative estimate of drug-likeness (QED) is 0.671. The van der Waals surface area contributed by atoms with Gasteiger partial charge in [-0.2, -0.15) is 0 Å². The first-order valence-corrected chi connectivity index (χ1v) is 9.96. The normalized spacial score (nSPS) is 16.2. The molecule has 0 radical (unpaired) electrons. The molecule has 1 unspecified atom stereocenters. The number of piperidine rings is 1. The van der Waals surface area contributed by atoms with Crippen LogP contribution in [0.15, 0.2) is 42.6 Å². The molecule has 2 aromatic rings. The first kappa shape index (κ1) is 21.7. The Bertz CT molecular complexity index is 860. The first-order chi connectivity index (χ1) is 14.6. The molecule has 2 amide bonds. The van der Waals surface area contributed by atoms with Gasteiger partial charge in [-0.25, -0.2) is 9.37 Å². The molecule has 1 aromatic carbocycles. The van der Waals surface area contributed by atoms with Crippen molar-refractivity contribution in [1.82, 2.24) is 9.88 Å². The molecule has 1 aliphatic rings. The summed E-state index contributed by atoms with van der Waals surface area (Å²) >= 11 is 0. The lowest BCUT2D eigenvalue weighted by Gasteiger charge is -2.32. The number of hydrogen-bond donors (Lipinski definition) is 1. The second-order valence-corrected chi connectivity index (χ2v) is 7.17. The van der Waals surface area contributed by atoms with Crippen molar-refractivity contribution in [1.29, 1.82) is 0 Å². The van der Waals surface area contributed by atoms with Crippen molar-refractivity contribution in [2.24, 2.45) is 5.92 Å². The Kier molecular flexibility index (Phi) is 7.73. The molecule has 1 aromatic heterocycles. The van der Waals surface area contributed by atoms with Crippen LogP contribution in [0.2, 0.25) is 0 Å². The summed E-state index contributed by atoms with van der Waals surface area (Å²) in [6.07, 6.45) is 3.23. The van der Waals surface area contributed by atoms with E-state index in [2.05, 4.69) is 10.3 Å². The van der Waals surface area contributed by atoms with Crippen molar-refractivity contribution < 1.29 is 23.5 Å². The zero-order chi connectivity index (χ0) is 21.3. The molecule has 30 heavy (non-hydrogen) atoms. The van der Waals surface area contributed by atoms with Crippen LogP contribution in [0.4, 0.5) is 10.1 Å². The van der Waals surface area contributed by atoms with E-state index in [0.29, 0.717) is 44.3 Å². The minimum atomic E-state index is -0.332. The third-order valence-electron chi connectivity index (χ3n) is 4.97. The number of amides is 2. The second-order valence-electron chi connectivity index (χ2n) is 7.17. The van der Waals surface area contributed by atoms with Crippen molar-refractivity contribution in [3.05, 3.63) is 54.0 Å². The molecule has 1 aliphatic heterocycles. The highest BCUT2D eigenvalue weighted by Gasteiger charge is 2.29. The van der Waals surface area contributed by atoms with Gasteiger partial charge in [0.1, 0.15) is 18.1 Å². The van der Waals surface area contributed by atoms with E-state index >= 15 is 0 Å². The van der Waals surface area contributed by atoms with Crippen LogP contribution in [0, 0.1) is 11.7 Å². The number of carbonyl (C=O) groups excluding carboxylic acids is 2. The summed E-state index contributed by atoms with van der Waals surface area (Å²) < 4.78 is 23.6. The van der Waals surface area contributed by atoms with Crippen LogP contribution in [0.3, 0.4) is 0 Å². The number of carbonyl (C=O) groups is 2. The van der Waals surface area contributed by atoms with E-state index in [1.54, 1.807) is 42.5 Å². The van der Waals surface area contributed by atoms with Crippen LogP contribution < -0.4 is 10.1 Å². The zero-order valence-electron chi connectivity index (χ0n) is 17.0. The highest BCUT2D eigenvalue weighted by molar-refractivity contribution is 5.94. The predicted molar refractivity (Wildman–Crippen MR) is 110 cm³/mol. The molecule has 1 atom stereocenters. The number of methoxy groups -OCH3 is 1. The van der Waals surface area contributed by atoms with Gasteiger partial charge < -0.3 is 19.7 Å². The topological polar surface area (TPSA) is 80.8 Å². The second kappa shape index (κ2) is 10.7. The number of nitrogens with one attached hydrogen (secondary N) is 1. The smallest absolute Gasteiger partial charge is 0.237 e. The minimum Gasteiger partial charge on any atom is -0.474 e. The van der Waals surface area contributed by atoms with Crippen LogP contribution in [-0.2, 0) is 20.7 Å². The van der Waals surface area contributed by atoms with Crippen molar-refractivity contribution in [2.75, 3.05) is 38.7 Å². The molecule has 160 valence electrons. The minimum absolute atomic E-state index is 0.0657. The van der Waals surface area contributed by atoms with Crippen molar-refractivity contribution in [3.8, 4) is 5.88 Å². The van der Waals surface area contributed by atoms with Gasteiger partial charge in [0.2, 0.25) is 17.7 Å². The first-order valence-electron chi connectivity index (χ1n) is 9.96. The highest BCUT2D eigenvalue weighted by atomic mass is 19.1. The summed E-state index contributed by atoms with van der Waals surface area (Å²) in [5.74, 6) is -0.546. The summed E-state index contributed by atoms with van der Waals surface area (Å²) in [4.78, 5) is 31.3. The van der Waals surface area contributed by atoms with E-state index in [-0.39, 0.29) is 30.0 Å².